The van der Waals surface area contributed by atoms with E-state index < -0.39 is 49.8 Å². The number of nitrogens with zero attached hydrogens (tertiary/aromatic N) is 1. The Balaban J connectivity index is 1.54. The minimum absolute atomic E-state index is 0.00823. The third-order valence-corrected chi connectivity index (χ3v) is 6.75. The normalized spacial score (nSPS) is 30.3. The molecule has 2 unspecified atom stereocenters. The summed E-state index contributed by atoms with van der Waals surface area (Å²) in [7, 11) is -2.46. The third-order valence-electron chi connectivity index (χ3n) is 5.45. The van der Waals surface area contributed by atoms with Gasteiger partial charge in [0, 0.05) is 12.3 Å². The number of aliphatic hydroxyl groups is 2. The summed E-state index contributed by atoms with van der Waals surface area (Å²) in [5.74, 6) is -0.508. The van der Waals surface area contributed by atoms with Crippen LogP contribution in [0.4, 0.5) is 0 Å². The molecule has 1 saturated heterocycles. The van der Waals surface area contributed by atoms with Gasteiger partial charge in [-0.1, -0.05) is 5.09 Å². The Kier molecular flexibility index (Phi) is 7.74. The number of hydrogen-bond donors (Lipinski definition) is 4. The molecule has 0 amide bonds. The predicted molar refractivity (Wildman–Crippen MR) is 111 cm³/mol. The van der Waals surface area contributed by atoms with E-state index in [1.165, 1.54) is 30.7 Å². The van der Waals surface area contributed by atoms with Crippen LogP contribution in [0.15, 0.2) is 17.1 Å². The molecule has 2 heterocycles. The number of aromatic nitrogens is 2. The van der Waals surface area contributed by atoms with Crippen molar-refractivity contribution in [3.63, 3.8) is 0 Å². The molecule has 1 aromatic rings. The van der Waals surface area contributed by atoms with Crippen LogP contribution >= 0.6 is 20.4 Å². The van der Waals surface area contributed by atoms with Crippen molar-refractivity contribution >= 4 is 26.4 Å². The van der Waals surface area contributed by atoms with E-state index in [0.29, 0.717) is 0 Å². The number of H-pyrrole nitrogens is 1. The highest BCUT2D eigenvalue weighted by molar-refractivity contribution is 7.71. The Morgan fingerprint density at radius 1 is 1.52 bits per heavy atom. The summed E-state index contributed by atoms with van der Waals surface area (Å²) in [6.45, 7) is 2.55. The zero-order valence-electron chi connectivity index (χ0n) is 17.2. The average Bonchev–Trinajstić information content (AvgIpc) is 3.28. The highest BCUT2D eigenvalue weighted by Crippen LogP contribution is 2.39. The summed E-state index contributed by atoms with van der Waals surface area (Å²) in [4.78, 5) is 25.9. The van der Waals surface area contributed by atoms with Gasteiger partial charge in [-0.05, 0) is 56.3 Å². The first kappa shape index (κ1) is 24.1. The first-order valence-corrected chi connectivity index (χ1v) is 11.6. The smallest absolute Gasteiger partial charge is 0.461 e. The number of hydrogen-bond acceptors (Lipinski definition) is 9. The molecule has 6 atom stereocenters. The van der Waals surface area contributed by atoms with Gasteiger partial charge in [-0.15, -0.1) is 4.52 Å². The van der Waals surface area contributed by atoms with E-state index in [0.717, 1.165) is 25.7 Å². The highest BCUT2D eigenvalue weighted by Gasteiger charge is 2.54. The molecule has 31 heavy (non-hydrogen) atoms. The van der Waals surface area contributed by atoms with Crippen molar-refractivity contribution in [2.45, 2.75) is 75.7 Å². The average molecular weight is 476 g/mol. The molecule has 172 valence electrons. The second-order valence-corrected chi connectivity index (χ2v) is 9.38. The summed E-state index contributed by atoms with van der Waals surface area (Å²) in [6, 6.07) is 0.368. The molecule has 0 spiro atoms. The number of ether oxygens (including phenoxy) is 2. The van der Waals surface area contributed by atoms with Crippen molar-refractivity contribution in [2.24, 2.45) is 0 Å². The van der Waals surface area contributed by atoms with E-state index in [1.807, 2.05) is 0 Å². The van der Waals surface area contributed by atoms with Gasteiger partial charge in [0.1, 0.15) is 36.6 Å². The van der Waals surface area contributed by atoms with Crippen LogP contribution in [0.25, 0.3) is 0 Å². The molecule has 13 heteroatoms. The van der Waals surface area contributed by atoms with E-state index in [4.69, 9.17) is 26.2 Å². The Labute approximate surface area is 184 Å². The van der Waals surface area contributed by atoms with E-state index in [9.17, 15) is 24.4 Å². The lowest BCUT2D eigenvalue weighted by Gasteiger charge is -2.27. The number of rotatable bonds is 8. The van der Waals surface area contributed by atoms with Gasteiger partial charge >= 0.3 is 14.1 Å². The summed E-state index contributed by atoms with van der Waals surface area (Å²) < 4.78 is 29.8. The van der Waals surface area contributed by atoms with Gasteiger partial charge in [0.25, 0.3) is 5.56 Å². The molecule has 3 rings (SSSR count). The summed E-state index contributed by atoms with van der Waals surface area (Å²) in [5.41, 5.74) is -2.18. The van der Waals surface area contributed by atoms with Gasteiger partial charge in [0.2, 0.25) is 0 Å². The standard InChI is InChI=1S/C18H26N3O8PS/c1-10(15(24)28-11-5-3-4-6-11)20-30(26)27-9-12-14(23)18(2,25)16(29-12)21-8-7-13(22)19-17(21)31/h7-8,10-12,14,16,23,25H,3-6,9H2,1-2H3,(H-,19,20,22,26,31)/p+1/t10-,12+,14?,16+,18+/m0/s1. The Hall–Kier alpha value is -1.53. The molecule has 1 aliphatic heterocycles. The van der Waals surface area contributed by atoms with Crippen LogP contribution in [0.5, 0.6) is 0 Å². The molecule has 0 radical (unpaired) electrons. The number of nitrogens with one attached hydrogen (secondary N) is 2. The largest absolute Gasteiger partial charge is 0.613 e. The van der Waals surface area contributed by atoms with E-state index >= 15 is 0 Å². The number of aliphatic hydroxyl groups excluding tert-OH is 1. The summed E-state index contributed by atoms with van der Waals surface area (Å²) >= 11 is 5.09. The fourth-order valence-electron chi connectivity index (χ4n) is 3.65. The van der Waals surface area contributed by atoms with Gasteiger partial charge < -0.3 is 19.7 Å². The first-order chi connectivity index (χ1) is 14.6. The lowest BCUT2D eigenvalue weighted by molar-refractivity contribution is -0.150. The molecular weight excluding hydrogens is 449 g/mol. The molecule has 4 N–H and O–H groups in total. The maximum atomic E-state index is 12.2. The monoisotopic (exact) mass is 476 g/mol. The van der Waals surface area contributed by atoms with E-state index in [1.54, 1.807) is 0 Å². The lowest BCUT2D eigenvalue weighted by atomic mass is 9.96. The number of aromatic amines is 1. The topological polar surface area (TPSA) is 152 Å². The predicted octanol–water partition coefficient (Wildman–Crippen LogP) is 1.05. The van der Waals surface area contributed by atoms with Gasteiger partial charge in [-0.2, -0.15) is 0 Å². The van der Waals surface area contributed by atoms with Crippen molar-refractivity contribution in [1.29, 1.82) is 0 Å². The maximum Gasteiger partial charge on any atom is 0.613 e. The molecule has 1 aromatic heterocycles. The quantitative estimate of drug-likeness (QED) is 0.243. The van der Waals surface area contributed by atoms with Crippen LogP contribution in [0.2, 0.25) is 0 Å². The molecule has 0 bridgehead atoms. The molecule has 1 aliphatic carbocycles. The molecular formula is C18H27N3O8PS+. The second-order valence-electron chi connectivity index (χ2n) is 7.96. The van der Waals surface area contributed by atoms with Crippen molar-refractivity contribution in [1.82, 2.24) is 14.6 Å². The van der Waals surface area contributed by atoms with Crippen LogP contribution in [0.3, 0.4) is 0 Å². The van der Waals surface area contributed by atoms with Crippen LogP contribution < -0.4 is 10.6 Å². The number of carbonyl (C=O) groups excluding carboxylic acids is 1. The minimum Gasteiger partial charge on any atom is -0.461 e. The van der Waals surface area contributed by atoms with Gasteiger partial charge in [-0.3, -0.25) is 19.1 Å². The number of esters is 1. The lowest BCUT2D eigenvalue weighted by Crippen LogP contribution is -2.44. The third kappa shape index (κ3) is 5.64. The Bertz CT molecular complexity index is 929. The molecule has 11 nitrogen and oxygen atoms in total. The van der Waals surface area contributed by atoms with Crippen LogP contribution in [0, 0.1) is 4.77 Å². The zero-order valence-corrected chi connectivity index (χ0v) is 18.9. The van der Waals surface area contributed by atoms with Crippen molar-refractivity contribution < 1.29 is 33.6 Å². The highest BCUT2D eigenvalue weighted by atomic mass is 32.1. The fourth-order valence-corrected chi connectivity index (χ4v) is 4.69. The van der Waals surface area contributed by atoms with Gasteiger partial charge in [0.05, 0.1) is 0 Å². The van der Waals surface area contributed by atoms with Crippen molar-refractivity contribution in [2.75, 3.05) is 6.61 Å². The van der Waals surface area contributed by atoms with Gasteiger partial charge in [-0.25, -0.2) is 0 Å². The number of carbonyl (C=O) groups is 1. The Morgan fingerprint density at radius 2 is 2.19 bits per heavy atom. The molecule has 2 fully saturated rings. The summed E-state index contributed by atoms with van der Waals surface area (Å²) in [6.07, 6.45) is 1.43. The van der Waals surface area contributed by atoms with E-state index in [-0.39, 0.29) is 17.5 Å². The van der Waals surface area contributed by atoms with E-state index in [2.05, 4.69) is 10.1 Å². The van der Waals surface area contributed by atoms with Crippen LogP contribution in [0.1, 0.15) is 45.8 Å². The van der Waals surface area contributed by atoms with Gasteiger partial charge in [0.15, 0.2) is 11.0 Å². The van der Waals surface area contributed by atoms with Crippen molar-refractivity contribution in [3.8, 4) is 0 Å². The SMILES string of the molecule is C[C@H](N[P+](=O)OC[C@H]1O[C@@H](n2ccc(=O)[nH]c2=S)[C@](C)(O)C1O)C(=O)OC1CCCC1. The first-order valence-electron chi connectivity index (χ1n) is 10.0. The van der Waals surface area contributed by atoms with Crippen molar-refractivity contribution in [3.05, 3.63) is 27.4 Å². The molecule has 2 aliphatic rings. The van der Waals surface area contributed by atoms with Crippen LogP contribution in [-0.4, -0.2) is 62.3 Å². The maximum absolute atomic E-state index is 12.2. The Morgan fingerprint density at radius 3 is 2.84 bits per heavy atom. The molecule has 1 saturated carbocycles. The minimum atomic E-state index is -2.46. The summed E-state index contributed by atoms with van der Waals surface area (Å²) in [5, 5.41) is 23.7. The van der Waals surface area contributed by atoms with Crippen LogP contribution in [-0.2, 0) is 23.4 Å². The molecule has 0 aromatic carbocycles. The second kappa shape index (κ2) is 9.95. The zero-order chi connectivity index (χ0) is 22.8. The fraction of sp³-hybridized carbons (Fsp3) is 0.722.